The van der Waals surface area contributed by atoms with E-state index in [0.717, 1.165) is 43.1 Å². The van der Waals surface area contributed by atoms with Gasteiger partial charge in [-0.05, 0) is 26.6 Å². The number of rotatable bonds is 11. The molecule has 1 N–H and O–H groups in total. The van der Waals surface area contributed by atoms with Crippen molar-refractivity contribution < 1.29 is 14.2 Å². The van der Waals surface area contributed by atoms with Crippen molar-refractivity contribution >= 4 is 0 Å². The minimum absolute atomic E-state index is 0.704. The predicted octanol–water partition coefficient (Wildman–Crippen LogP) is 1.76. The number of hydrogen-bond donors (Lipinski definition) is 1. The minimum Gasteiger partial charge on any atom is -0.497 e. The molecule has 5 nitrogen and oxygen atoms in total. The maximum absolute atomic E-state index is 5.91. The van der Waals surface area contributed by atoms with Gasteiger partial charge in [0.25, 0.3) is 0 Å². The Morgan fingerprint density at radius 3 is 2.62 bits per heavy atom. The van der Waals surface area contributed by atoms with Crippen LogP contribution in [-0.2, 0) is 11.3 Å². The molecule has 21 heavy (non-hydrogen) atoms. The zero-order valence-electron chi connectivity index (χ0n) is 13.6. The van der Waals surface area contributed by atoms with Crippen LogP contribution in [0.5, 0.6) is 11.5 Å². The van der Waals surface area contributed by atoms with E-state index in [9.17, 15) is 0 Å². The zero-order chi connectivity index (χ0) is 15.5. The van der Waals surface area contributed by atoms with Crippen molar-refractivity contribution in [3.8, 4) is 11.5 Å². The lowest BCUT2D eigenvalue weighted by Crippen LogP contribution is -2.19. The lowest BCUT2D eigenvalue weighted by atomic mass is 10.2. The van der Waals surface area contributed by atoms with Crippen LogP contribution in [0.1, 0.15) is 12.0 Å². The van der Waals surface area contributed by atoms with Crippen molar-refractivity contribution in [3.05, 3.63) is 23.8 Å². The summed E-state index contributed by atoms with van der Waals surface area (Å²) in [5, 5.41) is 3.34. The molecule has 5 heteroatoms. The number of nitrogens with zero attached hydrogens (tertiary/aromatic N) is 1. The molecule has 120 valence electrons. The van der Waals surface area contributed by atoms with Gasteiger partial charge in [-0.3, -0.25) is 0 Å². The number of nitrogens with one attached hydrogen (secondary N) is 1. The molecule has 0 aliphatic heterocycles. The number of ether oxygens (including phenoxy) is 3. The third kappa shape index (κ3) is 7.32. The van der Waals surface area contributed by atoms with Gasteiger partial charge in [0.05, 0.1) is 20.3 Å². The maximum Gasteiger partial charge on any atom is 0.127 e. The Kier molecular flexibility index (Phi) is 8.82. The molecule has 0 saturated carbocycles. The Hall–Kier alpha value is -1.30. The maximum atomic E-state index is 5.91. The highest BCUT2D eigenvalue weighted by Gasteiger charge is 2.06. The van der Waals surface area contributed by atoms with Crippen molar-refractivity contribution in [2.75, 3.05) is 54.6 Å². The van der Waals surface area contributed by atoms with Crippen LogP contribution in [0.2, 0.25) is 0 Å². The van der Waals surface area contributed by atoms with Crippen LogP contribution in [0.3, 0.4) is 0 Å². The Morgan fingerprint density at radius 1 is 1.14 bits per heavy atom. The van der Waals surface area contributed by atoms with Gasteiger partial charge < -0.3 is 24.4 Å². The average Bonchev–Trinajstić information content (AvgIpc) is 2.48. The molecule has 0 unspecified atom stereocenters. The van der Waals surface area contributed by atoms with E-state index >= 15 is 0 Å². The van der Waals surface area contributed by atoms with E-state index in [1.165, 1.54) is 0 Å². The molecule has 0 fully saturated rings. The fraction of sp³-hybridized carbons (Fsp3) is 0.625. The number of methoxy groups -OCH3 is 2. The van der Waals surface area contributed by atoms with Gasteiger partial charge in [-0.15, -0.1) is 0 Å². The molecule has 0 amide bonds. The second-order valence-corrected chi connectivity index (χ2v) is 5.15. The molecule has 1 aromatic carbocycles. The zero-order valence-corrected chi connectivity index (χ0v) is 13.6. The fourth-order valence-corrected chi connectivity index (χ4v) is 1.90. The average molecular weight is 296 g/mol. The van der Waals surface area contributed by atoms with Crippen LogP contribution < -0.4 is 14.8 Å². The van der Waals surface area contributed by atoms with E-state index in [2.05, 4.69) is 24.3 Å². The van der Waals surface area contributed by atoms with Gasteiger partial charge in [-0.25, -0.2) is 0 Å². The van der Waals surface area contributed by atoms with Crippen LogP contribution in [-0.4, -0.2) is 59.5 Å². The van der Waals surface area contributed by atoms with Crippen molar-refractivity contribution in [2.24, 2.45) is 0 Å². The smallest absolute Gasteiger partial charge is 0.127 e. The lowest BCUT2D eigenvalue weighted by molar-refractivity contribution is 0.199. The van der Waals surface area contributed by atoms with Crippen molar-refractivity contribution in [2.45, 2.75) is 13.0 Å². The topological polar surface area (TPSA) is 43.0 Å². The Labute approximate surface area is 128 Å². The first kappa shape index (κ1) is 17.8. The van der Waals surface area contributed by atoms with Crippen molar-refractivity contribution in [3.63, 3.8) is 0 Å². The summed E-state index contributed by atoms with van der Waals surface area (Å²) in [6.07, 6.45) is 1.00. The Morgan fingerprint density at radius 2 is 1.95 bits per heavy atom. The molecular formula is C16H28N2O3. The summed E-state index contributed by atoms with van der Waals surface area (Å²) in [6, 6.07) is 5.95. The molecule has 1 rings (SSSR count). The molecule has 0 saturated heterocycles. The van der Waals surface area contributed by atoms with E-state index in [1.807, 2.05) is 18.2 Å². The Bertz CT molecular complexity index is 397. The van der Waals surface area contributed by atoms with Gasteiger partial charge in [0.2, 0.25) is 0 Å². The van der Waals surface area contributed by atoms with Gasteiger partial charge in [-0.1, -0.05) is 6.07 Å². The highest BCUT2D eigenvalue weighted by Crippen LogP contribution is 2.25. The SMILES string of the molecule is COCCNCc1ccc(OC)cc1OCCCN(C)C. The molecule has 0 radical (unpaired) electrons. The molecule has 0 heterocycles. The number of hydrogen-bond acceptors (Lipinski definition) is 5. The van der Waals surface area contributed by atoms with Gasteiger partial charge in [0.1, 0.15) is 11.5 Å². The standard InChI is InChI=1S/C16H28N2O3/c1-18(2)9-5-10-21-16-12-15(20-4)7-6-14(16)13-17-8-11-19-3/h6-7,12,17H,5,8-11,13H2,1-4H3. The minimum atomic E-state index is 0.704. The molecule has 0 aliphatic carbocycles. The molecule has 1 aromatic rings. The third-order valence-electron chi connectivity index (χ3n) is 3.08. The van der Waals surface area contributed by atoms with E-state index in [1.54, 1.807) is 14.2 Å². The van der Waals surface area contributed by atoms with E-state index in [4.69, 9.17) is 14.2 Å². The van der Waals surface area contributed by atoms with Gasteiger partial charge >= 0.3 is 0 Å². The van der Waals surface area contributed by atoms with Crippen LogP contribution in [0.4, 0.5) is 0 Å². The second-order valence-electron chi connectivity index (χ2n) is 5.15. The molecule has 0 spiro atoms. The summed E-state index contributed by atoms with van der Waals surface area (Å²) in [5.74, 6) is 1.70. The molecule has 0 aromatic heterocycles. The highest BCUT2D eigenvalue weighted by molar-refractivity contribution is 5.40. The summed E-state index contributed by atoms with van der Waals surface area (Å²) in [7, 11) is 7.50. The summed E-state index contributed by atoms with van der Waals surface area (Å²) < 4.78 is 16.2. The van der Waals surface area contributed by atoms with Gasteiger partial charge in [0.15, 0.2) is 0 Å². The van der Waals surface area contributed by atoms with Gasteiger partial charge in [-0.2, -0.15) is 0 Å². The highest BCUT2D eigenvalue weighted by atomic mass is 16.5. The van der Waals surface area contributed by atoms with Crippen molar-refractivity contribution in [1.29, 1.82) is 0 Å². The predicted molar refractivity (Wildman–Crippen MR) is 85.2 cm³/mol. The van der Waals surface area contributed by atoms with E-state index in [-0.39, 0.29) is 0 Å². The van der Waals surface area contributed by atoms with Crippen molar-refractivity contribution in [1.82, 2.24) is 10.2 Å². The van der Waals surface area contributed by atoms with Crippen LogP contribution in [0, 0.1) is 0 Å². The van der Waals surface area contributed by atoms with Crippen LogP contribution in [0.25, 0.3) is 0 Å². The van der Waals surface area contributed by atoms with Crippen LogP contribution in [0.15, 0.2) is 18.2 Å². The van der Waals surface area contributed by atoms with E-state index < -0.39 is 0 Å². The molecule has 0 bridgehead atoms. The quantitative estimate of drug-likeness (QED) is 0.630. The first-order valence-corrected chi connectivity index (χ1v) is 7.31. The van der Waals surface area contributed by atoms with Crippen LogP contribution >= 0.6 is 0 Å². The van der Waals surface area contributed by atoms with Gasteiger partial charge in [0, 0.05) is 38.4 Å². The Balaban J connectivity index is 2.55. The first-order valence-electron chi connectivity index (χ1n) is 7.31. The lowest BCUT2D eigenvalue weighted by Gasteiger charge is -2.15. The summed E-state index contributed by atoms with van der Waals surface area (Å²) in [4.78, 5) is 2.15. The summed E-state index contributed by atoms with van der Waals surface area (Å²) >= 11 is 0. The second kappa shape index (κ2) is 10.4. The molecule has 0 atom stereocenters. The van der Waals surface area contributed by atoms with E-state index in [0.29, 0.717) is 13.2 Å². The third-order valence-corrected chi connectivity index (χ3v) is 3.08. The normalized spacial score (nSPS) is 10.9. The molecular weight excluding hydrogens is 268 g/mol. The monoisotopic (exact) mass is 296 g/mol. The molecule has 0 aliphatic rings. The summed E-state index contributed by atoms with van der Waals surface area (Å²) in [5.41, 5.74) is 1.14. The first-order chi connectivity index (χ1) is 10.2. The summed E-state index contributed by atoms with van der Waals surface area (Å²) in [6.45, 7) is 4.01. The number of benzene rings is 1. The largest absolute Gasteiger partial charge is 0.497 e. The fourth-order valence-electron chi connectivity index (χ4n) is 1.90.